The molecule has 1 aliphatic rings. The molecule has 2 aromatic rings. The SMILES string of the molecule is O=C1c2ccccc2C(=O)N1C[C@@H](O)CCc1ccccn1. The van der Waals surface area contributed by atoms with E-state index in [-0.39, 0.29) is 18.4 Å². The highest BCUT2D eigenvalue weighted by atomic mass is 16.3. The van der Waals surface area contributed by atoms with Gasteiger partial charge in [0.05, 0.1) is 23.8 Å². The van der Waals surface area contributed by atoms with E-state index in [1.807, 2.05) is 18.2 Å². The van der Waals surface area contributed by atoms with Crippen molar-refractivity contribution in [1.29, 1.82) is 0 Å². The van der Waals surface area contributed by atoms with Crippen LogP contribution >= 0.6 is 0 Å². The lowest BCUT2D eigenvalue weighted by molar-refractivity contribution is 0.0533. The number of amides is 2. The van der Waals surface area contributed by atoms with Gasteiger partial charge >= 0.3 is 0 Å². The van der Waals surface area contributed by atoms with Crippen LogP contribution in [0.15, 0.2) is 48.7 Å². The lowest BCUT2D eigenvalue weighted by Gasteiger charge is -2.18. The number of aliphatic hydroxyl groups is 1. The van der Waals surface area contributed by atoms with Crippen molar-refractivity contribution in [3.8, 4) is 0 Å². The van der Waals surface area contributed by atoms with E-state index in [1.54, 1.807) is 30.5 Å². The molecule has 1 aromatic carbocycles. The van der Waals surface area contributed by atoms with Gasteiger partial charge in [-0.25, -0.2) is 0 Å². The molecule has 3 rings (SSSR count). The predicted octanol–water partition coefficient (Wildman–Crippen LogP) is 1.67. The van der Waals surface area contributed by atoms with Crippen LogP contribution in [0, 0.1) is 0 Å². The summed E-state index contributed by atoms with van der Waals surface area (Å²) in [6.45, 7) is 0.0131. The number of β-amino-alcohol motifs (C(OH)–C–C–N with tert-alkyl or cyclic N) is 1. The second-order valence-electron chi connectivity index (χ2n) is 5.28. The molecule has 1 N–H and O–H groups in total. The molecular weight excluding hydrogens is 280 g/mol. The van der Waals surface area contributed by atoms with Gasteiger partial charge in [0.25, 0.3) is 11.8 Å². The summed E-state index contributed by atoms with van der Waals surface area (Å²) in [4.78, 5) is 29.7. The molecule has 1 aromatic heterocycles. The molecule has 0 spiro atoms. The Balaban J connectivity index is 1.62. The number of carbonyl (C=O) groups is 2. The van der Waals surface area contributed by atoms with Crippen molar-refractivity contribution in [1.82, 2.24) is 9.88 Å². The average molecular weight is 296 g/mol. The fourth-order valence-electron chi connectivity index (χ4n) is 2.57. The van der Waals surface area contributed by atoms with Crippen LogP contribution in [0.3, 0.4) is 0 Å². The number of pyridine rings is 1. The third-order valence-corrected chi connectivity index (χ3v) is 3.73. The summed E-state index contributed by atoms with van der Waals surface area (Å²) in [7, 11) is 0. The average Bonchev–Trinajstić information content (AvgIpc) is 2.79. The smallest absolute Gasteiger partial charge is 0.261 e. The Bertz CT molecular complexity index is 665. The minimum absolute atomic E-state index is 0.0131. The van der Waals surface area contributed by atoms with Gasteiger partial charge in [-0.2, -0.15) is 0 Å². The van der Waals surface area contributed by atoms with Gasteiger partial charge in [-0.05, 0) is 37.1 Å². The van der Waals surface area contributed by atoms with Gasteiger partial charge in [-0.3, -0.25) is 19.5 Å². The fourth-order valence-corrected chi connectivity index (χ4v) is 2.57. The number of hydrogen-bond donors (Lipinski definition) is 1. The van der Waals surface area contributed by atoms with E-state index >= 15 is 0 Å². The third-order valence-electron chi connectivity index (χ3n) is 3.73. The standard InChI is InChI=1S/C17H16N2O3/c20-13(9-8-12-5-3-4-10-18-12)11-19-16(21)14-6-1-2-7-15(14)17(19)22/h1-7,10,13,20H,8-9,11H2/t13-/m0/s1. The Labute approximate surface area is 128 Å². The van der Waals surface area contributed by atoms with Crippen LogP contribution in [0.2, 0.25) is 0 Å². The highest BCUT2D eigenvalue weighted by molar-refractivity contribution is 6.21. The number of nitrogens with zero attached hydrogens (tertiary/aromatic N) is 2. The van der Waals surface area contributed by atoms with E-state index in [0.717, 1.165) is 10.6 Å². The highest BCUT2D eigenvalue weighted by Crippen LogP contribution is 2.22. The molecule has 0 bridgehead atoms. The first-order valence-corrected chi connectivity index (χ1v) is 7.20. The molecule has 22 heavy (non-hydrogen) atoms. The maximum atomic E-state index is 12.2. The molecule has 0 aliphatic carbocycles. The number of aryl methyl sites for hydroxylation is 1. The van der Waals surface area contributed by atoms with Crippen LogP contribution in [-0.2, 0) is 6.42 Å². The molecule has 0 radical (unpaired) electrons. The molecule has 5 nitrogen and oxygen atoms in total. The first-order valence-electron chi connectivity index (χ1n) is 7.20. The van der Waals surface area contributed by atoms with E-state index in [9.17, 15) is 14.7 Å². The van der Waals surface area contributed by atoms with E-state index in [2.05, 4.69) is 4.98 Å². The Morgan fingerprint density at radius 2 is 1.64 bits per heavy atom. The quantitative estimate of drug-likeness (QED) is 0.852. The summed E-state index contributed by atoms with van der Waals surface area (Å²) in [5, 5.41) is 10.1. The second-order valence-corrected chi connectivity index (χ2v) is 5.28. The number of carbonyl (C=O) groups excluding carboxylic acids is 2. The van der Waals surface area contributed by atoms with Crippen molar-refractivity contribution in [3.05, 3.63) is 65.5 Å². The minimum Gasteiger partial charge on any atom is -0.391 e. The summed E-state index contributed by atoms with van der Waals surface area (Å²) >= 11 is 0. The number of aliphatic hydroxyl groups excluding tert-OH is 1. The Hall–Kier alpha value is -2.53. The summed E-state index contributed by atoms with van der Waals surface area (Å²) < 4.78 is 0. The molecular formula is C17H16N2O3. The molecule has 0 saturated carbocycles. The number of aromatic nitrogens is 1. The lowest BCUT2D eigenvalue weighted by Crippen LogP contribution is -2.37. The van der Waals surface area contributed by atoms with Crippen molar-refractivity contribution in [2.75, 3.05) is 6.54 Å². The summed E-state index contributed by atoms with van der Waals surface area (Å²) in [5.41, 5.74) is 1.69. The molecule has 2 heterocycles. The monoisotopic (exact) mass is 296 g/mol. The number of imide groups is 1. The zero-order valence-electron chi connectivity index (χ0n) is 12.0. The topological polar surface area (TPSA) is 70.5 Å². The third kappa shape index (κ3) is 2.76. The molecule has 5 heteroatoms. The summed E-state index contributed by atoms with van der Waals surface area (Å²) in [6.07, 6.45) is 1.99. The molecule has 0 unspecified atom stereocenters. The Morgan fingerprint density at radius 3 is 2.23 bits per heavy atom. The predicted molar refractivity (Wildman–Crippen MR) is 80.4 cm³/mol. The van der Waals surface area contributed by atoms with Gasteiger partial charge in [0.2, 0.25) is 0 Å². The van der Waals surface area contributed by atoms with Crippen LogP contribution < -0.4 is 0 Å². The number of fused-ring (bicyclic) bond motifs is 1. The maximum absolute atomic E-state index is 12.2. The van der Waals surface area contributed by atoms with Gasteiger partial charge in [0, 0.05) is 11.9 Å². The fraction of sp³-hybridized carbons (Fsp3) is 0.235. The van der Waals surface area contributed by atoms with Crippen molar-refractivity contribution >= 4 is 11.8 Å². The van der Waals surface area contributed by atoms with Crippen LogP contribution in [0.1, 0.15) is 32.8 Å². The van der Waals surface area contributed by atoms with Gasteiger partial charge in [-0.1, -0.05) is 18.2 Å². The normalized spacial score (nSPS) is 15.0. The van der Waals surface area contributed by atoms with E-state index < -0.39 is 6.10 Å². The maximum Gasteiger partial charge on any atom is 0.261 e. The molecule has 1 atom stereocenters. The Kier molecular flexibility index (Phi) is 3.98. The minimum atomic E-state index is -0.760. The lowest BCUT2D eigenvalue weighted by atomic mass is 10.1. The summed E-state index contributed by atoms with van der Waals surface area (Å²) in [5.74, 6) is -0.671. The van der Waals surface area contributed by atoms with Crippen LogP contribution in [0.4, 0.5) is 0 Å². The van der Waals surface area contributed by atoms with Crippen molar-refractivity contribution in [2.45, 2.75) is 18.9 Å². The van der Waals surface area contributed by atoms with Gasteiger partial charge < -0.3 is 5.11 Å². The van der Waals surface area contributed by atoms with E-state index in [4.69, 9.17) is 0 Å². The zero-order chi connectivity index (χ0) is 15.5. The first kappa shape index (κ1) is 14.4. The van der Waals surface area contributed by atoms with Crippen LogP contribution in [0.5, 0.6) is 0 Å². The highest BCUT2D eigenvalue weighted by Gasteiger charge is 2.35. The van der Waals surface area contributed by atoms with Crippen LogP contribution in [0.25, 0.3) is 0 Å². The second kappa shape index (κ2) is 6.07. The number of benzene rings is 1. The van der Waals surface area contributed by atoms with Gasteiger partial charge in [-0.15, -0.1) is 0 Å². The Morgan fingerprint density at radius 1 is 1.00 bits per heavy atom. The zero-order valence-corrected chi connectivity index (χ0v) is 12.0. The van der Waals surface area contributed by atoms with Crippen molar-refractivity contribution in [3.63, 3.8) is 0 Å². The first-order chi connectivity index (χ1) is 10.7. The van der Waals surface area contributed by atoms with E-state index in [1.165, 1.54) is 0 Å². The number of rotatable bonds is 5. The van der Waals surface area contributed by atoms with Gasteiger partial charge in [0.1, 0.15) is 0 Å². The van der Waals surface area contributed by atoms with Crippen LogP contribution in [-0.4, -0.2) is 39.5 Å². The molecule has 0 fully saturated rings. The number of hydrogen-bond acceptors (Lipinski definition) is 4. The van der Waals surface area contributed by atoms with Crippen molar-refractivity contribution in [2.24, 2.45) is 0 Å². The molecule has 0 saturated heterocycles. The largest absolute Gasteiger partial charge is 0.391 e. The molecule has 2 amide bonds. The summed E-state index contributed by atoms with van der Waals surface area (Å²) in [6, 6.07) is 12.3. The molecule has 112 valence electrons. The van der Waals surface area contributed by atoms with Crippen molar-refractivity contribution < 1.29 is 14.7 Å². The molecule has 1 aliphatic heterocycles. The van der Waals surface area contributed by atoms with E-state index in [0.29, 0.717) is 24.0 Å². The van der Waals surface area contributed by atoms with Gasteiger partial charge in [0.15, 0.2) is 0 Å².